The van der Waals surface area contributed by atoms with Crippen LogP contribution in [0.2, 0.25) is 0 Å². The Morgan fingerprint density at radius 2 is 1.70 bits per heavy atom. The van der Waals surface area contributed by atoms with Gasteiger partial charge < -0.3 is 0 Å². The highest BCUT2D eigenvalue weighted by molar-refractivity contribution is 5.80. The van der Waals surface area contributed by atoms with Crippen LogP contribution in [-0.2, 0) is 6.42 Å². The molecule has 23 heavy (non-hydrogen) atoms. The molecule has 1 aliphatic heterocycles. The summed E-state index contributed by atoms with van der Waals surface area (Å²) in [4.78, 5) is 4.69. The molecule has 1 aromatic heterocycles. The van der Waals surface area contributed by atoms with Gasteiger partial charge in [-0.3, -0.25) is 0 Å². The molecule has 0 aliphatic carbocycles. The molecule has 0 N–H and O–H groups in total. The van der Waals surface area contributed by atoms with Crippen LogP contribution in [0, 0.1) is 0 Å². The molecule has 0 saturated carbocycles. The Kier molecular flexibility index (Phi) is 3.54. The molecule has 1 aliphatic rings. The van der Waals surface area contributed by atoms with Crippen molar-refractivity contribution in [2.75, 3.05) is 0 Å². The zero-order chi connectivity index (χ0) is 15.6. The predicted molar refractivity (Wildman–Crippen MR) is 94.4 cm³/mol. The minimum Gasteiger partial charge on any atom is -0.241 e. The molecule has 0 bridgehead atoms. The minimum atomic E-state index is 0.228. The third-order valence-electron chi connectivity index (χ3n) is 4.38. The largest absolute Gasteiger partial charge is 0.241 e. The molecular weight excluding hydrogens is 282 g/mol. The van der Waals surface area contributed by atoms with Gasteiger partial charge in [-0.25, -0.2) is 9.67 Å². The van der Waals surface area contributed by atoms with Crippen molar-refractivity contribution in [3.05, 3.63) is 71.9 Å². The maximum absolute atomic E-state index is 4.91. The number of hydrogen-bond acceptors (Lipinski definition) is 2. The molecule has 3 heteroatoms. The van der Waals surface area contributed by atoms with Crippen LogP contribution in [-0.4, -0.2) is 16.0 Å². The molecular formula is C20H19N3. The van der Waals surface area contributed by atoms with Crippen molar-refractivity contribution in [3.8, 4) is 11.1 Å². The van der Waals surface area contributed by atoms with E-state index in [1.807, 2.05) is 12.3 Å². The number of rotatable bonds is 3. The van der Waals surface area contributed by atoms with Crippen LogP contribution in [0.3, 0.4) is 0 Å². The fourth-order valence-corrected chi connectivity index (χ4v) is 3.25. The molecule has 3 aromatic rings. The molecule has 0 radical (unpaired) electrons. The van der Waals surface area contributed by atoms with Crippen LogP contribution in [0.4, 0.5) is 5.82 Å². The Bertz CT molecular complexity index is 832. The number of hydrogen-bond donors (Lipinski definition) is 0. The highest BCUT2D eigenvalue weighted by Crippen LogP contribution is 2.39. The zero-order valence-corrected chi connectivity index (χ0v) is 13.2. The Balaban J connectivity index is 1.89. The van der Waals surface area contributed by atoms with Gasteiger partial charge in [-0.2, -0.15) is 5.10 Å². The number of fused-ring (bicyclic) bond motifs is 1. The van der Waals surface area contributed by atoms with E-state index < -0.39 is 0 Å². The van der Waals surface area contributed by atoms with Crippen LogP contribution in [0.5, 0.6) is 0 Å². The van der Waals surface area contributed by atoms with Crippen molar-refractivity contribution in [3.63, 3.8) is 0 Å². The van der Waals surface area contributed by atoms with E-state index in [1.165, 1.54) is 16.7 Å². The minimum absolute atomic E-state index is 0.228. The van der Waals surface area contributed by atoms with Gasteiger partial charge in [0.05, 0.1) is 11.7 Å². The maximum atomic E-state index is 4.91. The lowest BCUT2D eigenvalue weighted by molar-refractivity contribution is 0.531. The summed E-state index contributed by atoms with van der Waals surface area (Å²) < 4.78 is 2.11. The number of benzene rings is 2. The van der Waals surface area contributed by atoms with E-state index in [-0.39, 0.29) is 6.04 Å². The summed E-state index contributed by atoms with van der Waals surface area (Å²) in [6.45, 7) is 2.15. The number of aryl methyl sites for hydroxylation is 1. The van der Waals surface area contributed by atoms with Gasteiger partial charge in [0.15, 0.2) is 5.82 Å². The highest BCUT2D eigenvalue weighted by Gasteiger charge is 2.26. The third-order valence-corrected chi connectivity index (χ3v) is 4.38. The SMILES string of the molecule is CCc1nn2c(c1-c1ccccc1)N=CCC2c1ccccc1. The first-order valence-corrected chi connectivity index (χ1v) is 8.12. The molecule has 0 fully saturated rings. The second kappa shape index (κ2) is 5.84. The number of aliphatic imine (C=N–C) groups is 1. The highest BCUT2D eigenvalue weighted by atomic mass is 15.3. The van der Waals surface area contributed by atoms with Crippen LogP contribution in [0.1, 0.15) is 30.6 Å². The molecule has 1 unspecified atom stereocenters. The van der Waals surface area contributed by atoms with Crippen molar-refractivity contribution >= 4 is 12.0 Å². The molecule has 0 saturated heterocycles. The van der Waals surface area contributed by atoms with Crippen molar-refractivity contribution in [1.29, 1.82) is 0 Å². The van der Waals surface area contributed by atoms with Crippen LogP contribution in [0.15, 0.2) is 65.7 Å². The molecule has 114 valence electrons. The van der Waals surface area contributed by atoms with Gasteiger partial charge in [-0.1, -0.05) is 67.6 Å². The fraction of sp³-hybridized carbons (Fsp3) is 0.200. The topological polar surface area (TPSA) is 30.2 Å². The van der Waals surface area contributed by atoms with Crippen LogP contribution >= 0.6 is 0 Å². The smallest absolute Gasteiger partial charge is 0.158 e. The Hall–Kier alpha value is -2.68. The van der Waals surface area contributed by atoms with E-state index in [1.54, 1.807) is 0 Å². The second-order valence-electron chi connectivity index (χ2n) is 5.78. The Morgan fingerprint density at radius 1 is 1.00 bits per heavy atom. The zero-order valence-electron chi connectivity index (χ0n) is 13.2. The van der Waals surface area contributed by atoms with E-state index in [0.717, 1.165) is 24.4 Å². The van der Waals surface area contributed by atoms with Gasteiger partial charge in [0.1, 0.15) is 0 Å². The molecule has 4 rings (SSSR count). The summed E-state index contributed by atoms with van der Waals surface area (Å²) in [6, 6.07) is 21.3. The lowest BCUT2D eigenvalue weighted by atomic mass is 10.0. The number of aromatic nitrogens is 2. The molecule has 1 atom stereocenters. The summed E-state index contributed by atoms with van der Waals surface area (Å²) in [5, 5.41) is 4.91. The van der Waals surface area contributed by atoms with Crippen molar-refractivity contribution < 1.29 is 0 Å². The van der Waals surface area contributed by atoms with Crippen LogP contribution < -0.4 is 0 Å². The second-order valence-corrected chi connectivity index (χ2v) is 5.78. The average molecular weight is 301 g/mol. The summed E-state index contributed by atoms with van der Waals surface area (Å²) in [7, 11) is 0. The van der Waals surface area contributed by atoms with Gasteiger partial charge in [0.25, 0.3) is 0 Å². The van der Waals surface area contributed by atoms with Crippen LogP contribution in [0.25, 0.3) is 11.1 Å². The van der Waals surface area contributed by atoms with Crippen molar-refractivity contribution in [2.24, 2.45) is 4.99 Å². The first-order valence-electron chi connectivity index (χ1n) is 8.12. The molecule has 0 spiro atoms. The van der Waals surface area contributed by atoms with Gasteiger partial charge in [-0.05, 0) is 17.5 Å². The van der Waals surface area contributed by atoms with E-state index in [2.05, 4.69) is 71.2 Å². The molecule has 3 nitrogen and oxygen atoms in total. The lowest BCUT2D eigenvalue weighted by Gasteiger charge is -2.21. The first kappa shape index (κ1) is 13.9. The summed E-state index contributed by atoms with van der Waals surface area (Å²) in [5.41, 5.74) is 4.76. The predicted octanol–water partition coefficient (Wildman–Crippen LogP) is 4.81. The summed E-state index contributed by atoms with van der Waals surface area (Å²) in [6.07, 6.45) is 3.82. The lowest BCUT2D eigenvalue weighted by Crippen LogP contribution is -2.15. The van der Waals surface area contributed by atoms with Crippen molar-refractivity contribution in [2.45, 2.75) is 25.8 Å². The fourth-order valence-electron chi connectivity index (χ4n) is 3.25. The van der Waals surface area contributed by atoms with E-state index >= 15 is 0 Å². The standard InChI is InChI=1S/C20H19N3/c1-2-17-19(16-11-7-4-8-12-16)20-21-14-13-18(23(20)22-17)15-9-5-3-6-10-15/h3-12,14,18H,2,13H2,1H3. The quantitative estimate of drug-likeness (QED) is 0.683. The molecule has 2 aromatic carbocycles. The van der Waals surface area contributed by atoms with E-state index in [9.17, 15) is 0 Å². The summed E-state index contributed by atoms with van der Waals surface area (Å²) in [5.74, 6) is 0.980. The van der Waals surface area contributed by atoms with Crippen molar-refractivity contribution in [1.82, 2.24) is 9.78 Å². The summed E-state index contributed by atoms with van der Waals surface area (Å²) >= 11 is 0. The average Bonchev–Trinajstić information content (AvgIpc) is 3.02. The molecule has 2 heterocycles. The Morgan fingerprint density at radius 3 is 2.39 bits per heavy atom. The first-order chi connectivity index (χ1) is 11.4. The maximum Gasteiger partial charge on any atom is 0.158 e. The van der Waals surface area contributed by atoms with Gasteiger partial charge >= 0.3 is 0 Å². The van der Waals surface area contributed by atoms with Gasteiger partial charge in [0.2, 0.25) is 0 Å². The normalized spacial score (nSPS) is 16.3. The number of nitrogens with zero attached hydrogens (tertiary/aromatic N) is 3. The monoisotopic (exact) mass is 301 g/mol. The third kappa shape index (κ3) is 2.38. The van der Waals surface area contributed by atoms with Gasteiger partial charge in [0, 0.05) is 18.2 Å². The molecule has 0 amide bonds. The van der Waals surface area contributed by atoms with E-state index in [0.29, 0.717) is 0 Å². The van der Waals surface area contributed by atoms with Gasteiger partial charge in [-0.15, -0.1) is 0 Å². The van der Waals surface area contributed by atoms with E-state index in [4.69, 9.17) is 5.10 Å². The Labute approximate surface area is 136 Å².